The first kappa shape index (κ1) is 38.9. The van der Waals surface area contributed by atoms with Crippen LogP contribution in [-0.4, -0.2) is 64.1 Å². The maximum atomic E-state index is 2.60. The zero-order valence-corrected chi connectivity index (χ0v) is 38.2. The molecule has 0 aliphatic heterocycles. The lowest BCUT2D eigenvalue weighted by molar-refractivity contribution is 1.18. The summed E-state index contributed by atoms with van der Waals surface area (Å²) in [5.74, 6) is 0. The van der Waals surface area contributed by atoms with Crippen LogP contribution in [0.5, 0.6) is 0 Å². The lowest BCUT2D eigenvalue weighted by atomic mass is 9.64. The van der Waals surface area contributed by atoms with Crippen molar-refractivity contribution >= 4 is 168 Å². The van der Waals surface area contributed by atoms with Gasteiger partial charge in [0.25, 0.3) is 0 Å². The van der Waals surface area contributed by atoms with Gasteiger partial charge in [-0.3, -0.25) is 0 Å². The van der Waals surface area contributed by atoms with E-state index in [0.29, 0.717) is 0 Å². The van der Waals surface area contributed by atoms with E-state index in [-0.39, 0.29) is 0 Å². The molecule has 0 aliphatic carbocycles. The van der Waals surface area contributed by atoms with Crippen LogP contribution in [0.15, 0.2) is 164 Å². The Bertz CT molecular complexity index is 3910. The van der Waals surface area contributed by atoms with Gasteiger partial charge in [-0.25, -0.2) is 0 Å². The number of hydrogen-bond acceptors (Lipinski definition) is 1. The summed E-state index contributed by atoms with van der Waals surface area (Å²) in [6.45, 7) is 0. The number of benzene rings is 9. The van der Waals surface area contributed by atoms with Crippen molar-refractivity contribution in [2.45, 2.75) is 0 Å². The number of fused-ring (bicyclic) bond motifs is 9. The number of hydrogen-bond donors (Lipinski definition) is 0. The molecule has 64 heavy (non-hydrogen) atoms. The van der Waals surface area contributed by atoms with Crippen molar-refractivity contribution in [2.24, 2.45) is 0 Å². The molecule has 9 aromatic carbocycles. The fourth-order valence-corrected chi connectivity index (χ4v) is 12.1. The lowest BCUT2D eigenvalue weighted by Gasteiger charge is -2.19. The summed E-state index contributed by atoms with van der Waals surface area (Å²) in [4.78, 5) is 0. The van der Waals surface area contributed by atoms with Crippen molar-refractivity contribution < 1.29 is 0 Å². The first-order valence-electron chi connectivity index (χ1n) is 22.4. The van der Waals surface area contributed by atoms with Crippen LogP contribution in [0.25, 0.3) is 109 Å². The van der Waals surface area contributed by atoms with E-state index in [1.165, 1.54) is 141 Å². The molecule has 0 amide bonds. The van der Waals surface area contributed by atoms with Crippen LogP contribution in [-0.2, 0) is 0 Å². The molecule has 0 spiro atoms. The van der Waals surface area contributed by atoms with Gasteiger partial charge in [-0.15, -0.1) is 16.8 Å². The van der Waals surface area contributed by atoms with Crippen LogP contribution in [0.2, 0.25) is 0 Å². The summed E-state index contributed by atoms with van der Waals surface area (Å²) >= 11 is 1.89. The van der Waals surface area contributed by atoms with Gasteiger partial charge in [-0.2, -0.15) is 0 Å². The molecule has 0 aliphatic rings. The molecule has 0 atom stereocenters. The van der Waals surface area contributed by atoms with E-state index in [1.54, 1.807) is 0 Å². The van der Waals surface area contributed by atoms with Crippen molar-refractivity contribution in [2.75, 3.05) is 0 Å². The Hall–Kier alpha value is -6.75. The van der Waals surface area contributed by atoms with Crippen molar-refractivity contribution in [3.05, 3.63) is 164 Å². The summed E-state index contributed by atoms with van der Waals surface area (Å²) in [7, 11) is 16.4. The van der Waals surface area contributed by atoms with Gasteiger partial charge in [0, 0.05) is 58.7 Å². The Morgan fingerprint density at radius 2 is 0.812 bits per heavy atom. The van der Waals surface area contributed by atoms with E-state index >= 15 is 0 Å². The maximum Gasteiger partial charge on any atom is 0.141 e. The quantitative estimate of drug-likeness (QED) is 0.237. The van der Waals surface area contributed by atoms with E-state index in [1.807, 2.05) is 11.3 Å². The van der Waals surface area contributed by atoms with E-state index in [4.69, 9.17) is 0 Å². The highest BCUT2D eigenvalue weighted by Gasteiger charge is 2.26. The Balaban J connectivity index is 1.12. The van der Waals surface area contributed by atoms with Gasteiger partial charge in [0.05, 0.1) is 11.0 Å². The number of thiophene rings is 1. The minimum atomic E-state index is 1.16. The molecular formula is C54H41B7N2S. The summed E-state index contributed by atoms with van der Waals surface area (Å²) in [6.07, 6.45) is 0. The summed E-state index contributed by atoms with van der Waals surface area (Å²) in [5, 5.41) is 7.90. The first-order valence-corrected chi connectivity index (χ1v) is 23.3. The van der Waals surface area contributed by atoms with E-state index in [2.05, 4.69) is 228 Å². The van der Waals surface area contributed by atoms with E-state index < -0.39 is 0 Å². The van der Waals surface area contributed by atoms with Gasteiger partial charge in [0.1, 0.15) is 54.9 Å². The predicted molar refractivity (Wildman–Crippen MR) is 302 cm³/mol. The monoisotopic (exact) mass is 826 g/mol. The fraction of sp³-hybridized carbons (Fsp3) is 0. The third-order valence-electron chi connectivity index (χ3n) is 14.6. The molecule has 0 N–H and O–H groups in total. The highest BCUT2D eigenvalue weighted by Crippen LogP contribution is 2.40. The zero-order valence-electron chi connectivity index (χ0n) is 37.4. The molecule has 0 radical (unpaired) electrons. The number of rotatable bonds is 5. The lowest BCUT2D eigenvalue weighted by Crippen LogP contribution is -2.48. The second-order valence-electron chi connectivity index (χ2n) is 17.9. The molecule has 3 aromatic heterocycles. The summed E-state index contributed by atoms with van der Waals surface area (Å²) < 4.78 is 7.71. The SMILES string of the molecule is Bc1c(B)c(B)c2c(c1B)c1c(B)c(-c3ccc4c(c3)c3cc(-c5ccccc5)ccc3n4-c3ccc(-c4ccccc4)cc3)c(B)c(B)c1n2-c1ccc2c(c1)sc1ccccc12. The largest absolute Gasteiger partial charge is 0.310 e. The van der Waals surface area contributed by atoms with Gasteiger partial charge in [0.15, 0.2) is 0 Å². The van der Waals surface area contributed by atoms with Crippen LogP contribution in [0.4, 0.5) is 0 Å². The van der Waals surface area contributed by atoms with Crippen LogP contribution >= 0.6 is 11.3 Å². The van der Waals surface area contributed by atoms with E-state index in [0.717, 1.165) is 5.69 Å². The smallest absolute Gasteiger partial charge is 0.141 e. The van der Waals surface area contributed by atoms with Gasteiger partial charge >= 0.3 is 0 Å². The predicted octanol–water partition coefficient (Wildman–Crippen LogP) is 3.06. The molecule has 0 saturated carbocycles. The van der Waals surface area contributed by atoms with Crippen molar-refractivity contribution in [3.8, 4) is 44.8 Å². The third-order valence-corrected chi connectivity index (χ3v) is 15.8. The molecule has 0 fully saturated rings. The molecule has 12 aromatic rings. The van der Waals surface area contributed by atoms with Crippen LogP contribution in [0.1, 0.15) is 0 Å². The summed E-state index contributed by atoms with van der Waals surface area (Å²) in [5.41, 5.74) is 24.3. The normalized spacial score (nSPS) is 11.9. The topological polar surface area (TPSA) is 9.86 Å². The highest BCUT2D eigenvalue weighted by molar-refractivity contribution is 7.25. The maximum absolute atomic E-state index is 2.60. The average molecular weight is 826 g/mol. The Labute approximate surface area is 383 Å². The first-order chi connectivity index (χ1) is 31.2. The third kappa shape index (κ3) is 5.68. The molecule has 0 bridgehead atoms. The Morgan fingerprint density at radius 1 is 0.312 bits per heavy atom. The number of nitrogens with zero attached hydrogens (tertiary/aromatic N) is 2. The fourth-order valence-electron chi connectivity index (χ4n) is 11.0. The van der Waals surface area contributed by atoms with Gasteiger partial charge in [-0.1, -0.05) is 142 Å². The minimum Gasteiger partial charge on any atom is -0.310 e. The standard InChI is InChI=1S/C54H41B7N2S/c55-46-43(47(56)51(60)53-44(46)45-48(57)49(58)50(59)52(61)54(45)63(53)34-21-22-36-35-13-7-8-14-41(35)64-42(36)27-34)32-18-24-40-38(26-32)37-25-31(29-11-5-2-6-12-29)17-23-39(37)62(40)33-19-15-30(16-20-33)28-9-3-1-4-10-28/h1-27H,55-61H2. The average Bonchev–Trinajstić information content (AvgIpc) is 4.00. The Kier molecular flexibility index (Phi) is 8.91. The van der Waals surface area contributed by atoms with Gasteiger partial charge in [-0.05, 0) is 93.4 Å². The van der Waals surface area contributed by atoms with Crippen LogP contribution in [0.3, 0.4) is 0 Å². The molecule has 3 heterocycles. The second-order valence-corrected chi connectivity index (χ2v) is 19.0. The van der Waals surface area contributed by atoms with Gasteiger partial charge in [0.2, 0.25) is 0 Å². The molecule has 294 valence electrons. The molecule has 2 nitrogen and oxygen atoms in total. The summed E-state index contributed by atoms with van der Waals surface area (Å²) in [6, 6.07) is 60.6. The molecule has 10 heteroatoms. The molecule has 0 saturated heterocycles. The van der Waals surface area contributed by atoms with Gasteiger partial charge < -0.3 is 9.13 Å². The number of aromatic nitrogens is 2. The zero-order chi connectivity index (χ0) is 43.5. The molecule has 12 rings (SSSR count). The van der Waals surface area contributed by atoms with Crippen LogP contribution < -0.4 is 38.2 Å². The minimum absolute atomic E-state index is 1.16. The van der Waals surface area contributed by atoms with Crippen molar-refractivity contribution in [1.29, 1.82) is 0 Å². The second kappa shape index (κ2) is 14.7. The van der Waals surface area contributed by atoms with Crippen molar-refractivity contribution in [1.82, 2.24) is 9.13 Å². The molecular weight excluding hydrogens is 784 g/mol. The van der Waals surface area contributed by atoms with Crippen LogP contribution in [0, 0.1) is 0 Å². The molecule has 0 unspecified atom stereocenters. The Morgan fingerprint density at radius 3 is 1.50 bits per heavy atom. The highest BCUT2D eigenvalue weighted by atomic mass is 32.1. The van der Waals surface area contributed by atoms with Crippen molar-refractivity contribution in [3.63, 3.8) is 0 Å². The van der Waals surface area contributed by atoms with E-state index in [9.17, 15) is 0 Å².